The van der Waals surface area contributed by atoms with Crippen molar-refractivity contribution in [3.63, 3.8) is 0 Å². The van der Waals surface area contributed by atoms with Crippen LogP contribution in [0.4, 0.5) is 11.4 Å². The summed E-state index contributed by atoms with van der Waals surface area (Å²) >= 11 is 0. The second kappa shape index (κ2) is 6.87. The lowest BCUT2D eigenvalue weighted by Crippen LogP contribution is -2.22. The number of hydrogen-bond acceptors (Lipinski definition) is 3. The summed E-state index contributed by atoms with van der Waals surface area (Å²) in [5.74, 6) is -0.468. The van der Waals surface area contributed by atoms with E-state index in [9.17, 15) is 9.59 Å². The fourth-order valence-electron chi connectivity index (χ4n) is 1.95. The van der Waals surface area contributed by atoms with Crippen molar-refractivity contribution in [3.8, 4) is 0 Å². The molecule has 0 aliphatic rings. The van der Waals surface area contributed by atoms with E-state index in [1.54, 1.807) is 24.3 Å². The predicted octanol–water partition coefficient (Wildman–Crippen LogP) is 2.45. The number of benzene rings is 2. The van der Waals surface area contributed by atoms with Crippen molar-refractivity contribution in [2.45, 2.75) is 13.8 Å². The van der Waals surface area contributed by atoms with Gasteiger partial charge in [0.1, 0.15) is 0 Å². The van der Waals surface area contributed by atoms with Gasteiger partial charge in [-0.05, 0) is 43.7 Å². The van der Waals surface area contributed by atoms with Gasteiger partial charge in [0.2, 0.25) is 5.91 Å². The molecule has 0 heterocycles. The molecule has 0 saturated heterocycles. The number of amides is 2. The van der Waals surface area contributed by atoms with Gasteiger partial charge < -0.3 is 16.4 Å². The molecule has 0 fully saturated rings. The molecule has 5 nitrogen and oxygen atoms in total. The van der Waals surface area contributed by atoms with E-state index in [1.165, 1.54) is 0 Å². The maximum absolute atomic E-state index is 12.2. The first-order chi connectivity index (χ1) is 10.5. The summed E-state index contributed by atoms with van der Waals surface area (Å²) in [5.41, 5.74) is 9.12. The van der Waals surface area contributed by atoms with Crippen LogP contribution in [0.3, 0.4) is 0 Å². The second-order valence-corrected chi connectivity index (χ2v) is 5.10. The maximum atomic E-state index is 12.2. The fourth-order valence-corrected chi connectivity index (χ4v) is 1.95. The van der Waals surface area contributed by atoms with E-state index < -0.39 is 0 Å². The molecule has 2 amide bonds. The van der Waals surface area contributed by atoms with Crippen LogP contribution in [0.2, 0.25) is 0 Å². The van der Waals surface area contributed by atoms with Gasteiger partial charge in [-0.3, -0.25) is 9.59 Å². The Labute approximate surface area is 129 Å². The minimum atomic E-state index is -0.278. The lowest BCUT2D eigenvalue weighted by molar-refractivity contribution is -0.114. The topological polar surface area (TPSA) is 84.2 Å². The highest BCUT2D eigenvalue weighted by Crippen LogP contribution is 2.21. The Kier molecular flexibility index (Phi) is 4.91. The average molecular weight is 297 g/mol. The molecule has 22 heavy (non-hydrogen) atoms. The van der Waals surface area contributed by atoms with Crippen LogP contribution >= 0.6 is 0 Å². The molecule has 0 radical (unpaired) electrons. The number of carbonyl (C=O) groups is 2. The van der Waals surface area contributed by atoms with Crippen LogP contribution in [0.5, 0.6) is 0 Å². The first-order valence-corrected chi connectivity index (χ1v) is 6.98. The van der Waals surface area contributed by atoms with Crippen molar-refractivity contribution >= 4 is 23.2 Å². The van der Waals surface area contributed by atoms with Gasteiger partial charge in [0.05, 0.1) is 6.54 Å². The Bertz CT molecular complexity index is 694. The maximum Gasteiger partial charge on any atom is 0.255 e. The number of carbonyl (C=O) groups excluding carboxylic acids is 2. The zero-order valence-corrected chi connectivity index (χ0v) is 12.6. The molecule has 0 spiro atoms. The van der Waals surface area contributed by atoms with Gasteiger partial charge >= 0.3 is 0 Å². The van der Waals surface area contributed by atoms with Crippen LogP contribution in [0.15, 0.2) is 42.5 Å². The van der Waals surface area contributed by atoms with Gasteiger partial charge in [-0.2, -0.15) is 0 Å². The molecule has 0 saturated carbocycles. The molecule has 4 N–H and O–H groups in total. The van der Waals surface area contributed by atoms with Crippen molar-refractivity contribution in [3.05, 3.63) is 59.2 Å². The molecule has 5 heteroatoms. The first-order valence-electron chi connectivity index (χ1n) is 6.98. The summed E-state index contributed by atoms with van der Waals surface area (Å²) in [6.45, 7) is 3.77. The normalized spacial score (nSPS) is 10.1. The van der Waals surface area contributed by atoms with Gasteiger partial charge in [-0.15, -0.1) is 0 Å². The monoisotopic (exact) mass is 297 g/mol. The van der Waals surface area contributed by atoms with Crippen LogP contribution in [0, 0.1) is 13.8 Å². The largest absolute Gasteiger partial charge is 0.325 e. The van der Waals surface area contributed by atoms with E-state index in [0.29, 0.717) is 16.9 Å². The fraction of sp³-hybridized carbons (Fsp3) is 0.176. The van der Waals surface area contributed by atoms with Gasteiger partial charge in [-0.1, -0.05) is 23.8 Å². The summed E-state index contributed by atoms with van der Waals surface area (Å²) < 4.78 is 0. The zero-order valence-electron chi connectivity index (χ0n) is 12.6. The molecule has 0 aliphatic heterocycles. The summed E-state index contributed by atoms with van der Waals surface area (Å²) in [6.07, 6.45) is 0. The van der Waals surface area contributed by atoms with Crippen LogP contribution in [0.25, 0.3) is 0 Å². The number of anilines is 2. The van der Waals surface area contributed by atoms with Gasteiger partial charge in [0, 0.05) is 16.9 Å². The van der Waals surface area contributed by atoms with E-state index in [1.807, 2.05) is 32.0 Å². The molecule has 114 valence electrons. The summed E-state index contributed by atoms with van der Waals surface area (Å²) in [6, 6.07) is 12.6. The Morgan fingerprint density at radius 3 is 2.32 bits per heavy atom. The van der Waals surface area contributed by atoms with E-state index in [0.717, 1.165) is 11.1 Å². The van der Waals surface area contributed by atoms with Crippen LogP contribution in [-0.4, -0.2) is 18.4 Å². The molecular formula is C17H19N3O2. The Balaban J connectivity index is 2.17. The predicted molar refractivity (Wildman–Crippen MR) is 88.0 cm³/mol. The Morgan fingerprint density at radius 2 is 1.68 bits per heavy atom. The highest BCUT2D eigenvalue weighted by Gasteiger charge is 2.09. The van der Waals surface area contributed by atoms with E-state index in [-0.39, 0.29) is 18.4 Å². The highest BCUT2D eigenvalue weighted by molar-refractivity contribution is 6.05. The molecule has 0 unspecified atom stereocenters. The molecule has 0 atom stereocenters. The van der Waals surface area contributed by atoms with Crippen molar-refractivity contribution in [1.29, 1.82) is 0 Å². The summed E-state index contributed by atoms with van der Waals surface area (Å²) in [4.78, 5) is 23.6. The van der Waals surface area contributed by atoms with Gasteiger partial charge in [-0.25, -0.2) is 0 Å². The number of hydrogen-bond donors (Lipinski definition) is 3. The molecule has 2 aromatic rings. The number of aryl methyl sites for hydroxylation is 2. The highest BCUT2D eigenvalue weighted by atomic mass is 16.2. The lowest BCUT2D eigenvalue weighted by Gasteiger charge is -2.11. The number of nitrogens with one attached hydrogen (secondary N) is 2. The zero-order chi connectivity index (χ0) is 16.1. The molecular weight excluding hydrogens is 278 g/mol. The standard InChI is InChI=1S/C17H19N3O2/c1-11-3-6-13(7-4-11)17(22)20-15-9-14(8-5-12(15)2)19-16(21)10-18/h3-9H,10,18H2,1-2H3,(H,19,21)(H,20,22). The first kappa shape index (κ1) is 15.7. The molecule has 0 aliphatic carbocycles. The van der Waals surface area contributed by atoms with Crippen LogP contribution in [-0.2, 0) is 4.79 Å². The Hall–Kier alpha value is -2.66. The van der Waals surface area contributed by atoms with E-state index in [4.69, 9.17) is 5.73 Å². The lowest BCUT2D eigenvalue weighted by atomic mass is 10.1. The SMILES string of the molecule is Cc1ccc(C(=O)Nc2cc(NC(=O)CN)ccc2C)cc1. The second-order valence-electron chi connectivity index (χ2n) is 5.10. The molecule has 2 rings (SSSR count). The summed E-state index contributed by atoms with van der Waals surface area (Å²) in [7, 11) is 0. The van der Waals surface area contributed by atoms with Crippen molar-refractivity contribution in [1.82, 2.24) is 0 Å². The average Bonchev–Trinajstić information content (AvgIpc) is 2.51. The third-order valence-electron chi connectivity index (χ3n) is 3.27. The smallest absolute Gasteiger partial charge is 0.255 e. The number of nitrogens with two attached hydrogens (primary N) is 1. The number of rotatable bonds is 4. The van der Waals surface area contributed by atoms with Crippen molar-refractivity contribution < 1.29 is 9.59 Å². The van der Waals surface area contributed by atoms with Gasteiger partial charge in [0.25, 0.3) is 5.91 Å². The summed E-state index contributed by atoms with van der Waals surface area (Å²) in [5, 5.41) is 5.52. The third kappa shape index (κ3) is 3.93. The quantitative estimate of drug-likeness (QED) is 0.810. The molecule has 0 bridgehead atoms. The molecule has 2 aromatic carbocycles. The minimum Gasteiger partial charge on any atom is -0.325 e. The molecule has 0 aromatic heterocycles. The van der Waals surface area contributed by atoms with Crippen molar-refractivity contribution in [2.24, 2.45) is 5.73 Å². The van der Waals surface area contributed by atoms with Crippen LogP contribution in [0.1, 0.15) is 21.5 Å². The van der Waals surface area contributed by atoms with E-state index >= 15 is 0 Å². The van der Waals surface area contributed by atoms with Crippen LogP contribution < -0.4 is 16.4 Å². The van der Waals surface area contributed by atoms with Gasteiger partial charge in [0.15, 0.2) is 0 Å². The Morgan fingerprint density at radius 1 is 1.00 bits per heavy atom. The minimum absolute atomic E-state index is 0.0844. The third-order valence-corrected chi connectivity index (χ3v) is 3.27. The van der Waals surface area contributed by atoms with Crippen molar-refractivity contribution in [2.75, 3.05) is 17.2 Å². The van der Waals surface area contributed by atoms with E-state index in [2.05, 4.69) is 10.6 Å².